The molecule has 1 aromatic carbocycles. The number of benzene rings is 1. The van der Waals surface area contributed by atoms with E-state index in [4.69, 9.17) is 6.42 Å². The van der Waals surface area contributed by atoms with Gasteiger partial charge in [-0.15, -0.1) is 6.42 Å². The summed E-state index contributed by atoms with van der Waals surface area (Å²) in [7, 11) is 0. The van der Waals surface area contributed by atoms with Crippen LogP contribution in [0.3, 0.4) is 0 Å². The molecule has 0 amide bonds. The minimum absolute atomic E-state index is 0.889. The molecule has 0 fully saturated rings. The summed E-state index contributed by atoms with van der Waals surface area (Å²) in [5, 5.41) is 0. The maximum Gasteiger partial charge on any atom is 0.0626 e. The zero-order valence-electron chi connectivity index (χ0n) is 6.41. The summed E-state index contributed by atoms with van der Waals surface area (Å²) in [5.74, 6) is 2.54. The first-order valence-corrected chi connectivity index (χ1v) is 3.42. The summed E-state index contributed by atoms with van der Waals surface area (Å²) >= 11 is 0. The molecule has 1 heteroatoms. The molecule has 0 aromatic heterocycles. The molecule has 0 radical (unpaired) electrons. The van der Waals surface area contributed by atoms with Gasteiger partial charge in [0.05, 0.1) is 5.69 Å². The van der Waals surface area contributed by atoms with Crippen LogP contribution in [0.4, 0.5) is 5.69 Å². The molecule has 0 saturated heterocycles. The SMILES string of the molecule is C#Cc1ccc(N=CC)cc1. The van der Waals surface area contributed by atoms with Crippen LogP contribution in [-0.4, -0.2) is 6.21 Å². The molecule has 11 heavy (non-hydrogen) atoms. The Hall–Kier alpha value is -1.55. The van der Waals surface area contributed by atoms with Gasteiger partial charge in [0.1, 0.15) is 0 Å². The average Bonchev–Trinajstić information content (AvgIpc) is 2.07. The van der Waals surface area contributed by atoms with Crippen molar-refractivity contribution in [1.29, 1.82) is 0 Å². The highest BCUT2D eigenvalue weighted by Crippen LogP contribution is 2.11. The van der Waals surface area contributed by atoms with Crippen LogP contribution in [-0.2, 0) is 0 Å². The van der Waals surface area contributed by atoms with E-state index in [2.05, 4.69) is 10.9 Å². The van der Waals surface area contributed by atoms with Crippen LogP contribution in [0, 0.1) is 12.3 Å². The van der Waals surface area contributed by atoms with Crippen molar-refractivity contribution in [1.82, 2.24) is 0 Å². The van der Waals surface area contributed by atoms with Gasteiger partial charge in [0.15, 0.2) is 0 Å². The van der Waals surface area contributed by atoms with E-state index in [1.807, 2.05) is 31.2 Å². The van der Waals surface area contributed by atoms with Gasteiger partial charge in [0, 0.05) is 11.8 Å². The van der Waals surface area contributed by atoms with E-state index >= 15 is 0 Å². The second kappa shape index (κ2) is 3.58. The van der Waals surface area contributed by atoms with Gasteiger partial charge >= 0.3 is 0 Å². The molecule has 54 valence electrons. The number of hydrogen-bond donors (Lipinski definition) is 0. The quantitative estimate of drug-likeness (QED) is 0.423. The maximum atomic E-state index is 5.19. The predicted octanol–water partition coefficient (Wildman–Crippen LogP) is 2.39. The molecular weight excluding hydrogens is 134 g/mol. The van der Waals surface area contributed by atoms with Crippen LogP contribution >= 0.6 is 0 Å². The number of hydrogen-bond acceptors (Lipinski definition) is 1. The van der Waals surface area contributed by atoms with Gasteiger partial charge in [-0.05, 0) is 31.2 Å². The lowest BCUT2D eigenvalue weighted by molar-refractivity contribution is 1.51. The zero-order valence-corrected chi connectivity index (χ0v) is 6.41. The molecule has 1 rings (SSSR count). The summed E-state index contributed by atoms with van der Waals surface area (Å²) in [6.45, 7) is 1.88. The van der Waals surface area contributed by atoms with Crippen LogP contribution in [0.25, 0.3) is 0 Å². The molecule has 0 unspecified atom stereocenters. The Labute approximate surface area is 66.8 Å². The molecule has 0 aliphatic carbocycles. The third-order valence-corrected chi connectivity index (χ3v) is 1.31. The van der Waals surface area contributed by atoms with Crippen molar-refractivity contribution in [3.63, 3.8) is 0 Å². The van der Waals surface area contributed by atoms with Crippen molar-refractivity contribution in [2.45, 2.75) is 6.92 Å². The van der Waals surface area contributed by atoms with Gasteiger partial charge in [-0.3, -0.25) is 4.99 Å². The largest absolute Gasteiger partial charge is 0.262 e. The standard InChI is InChI=1S/C10H9N/c1-3-9-5-7-10(8-6-9)11-4-2/h1,4-8H,2H3. The number of rotatable bonds is 1. The lowest BCUT2D eigenvalue weighted by Gasteiger charge is -1.91. The van der Waals surface area contributed by atoms with Gasteiger partial charge in [-0.1, -0.05) is 5.92 Å². The highest BCUT2D eigenvalue weighted by atomic mass is 14.7. The highest BCUT2D eigenvalue weighted by Gasteiger charge is 1.86. The van der Waals surface area contributed by atoms with Crippen LogP contribution < -0.4 is 0 Å². The molecule has 0 heterocycles. The zero-order chi connectivity index (χ0) is 8.10. The molecule has 0 aliphatic heterocycles. The lowest BCUT2D eigenvalue weighted by atomic mass is 10.2. The normalized spacial score (nSPS) is 9.82. The number of terminal acetylenes is 1. The molecule has 1 aromatic rings. The van der Waals surface area contributed by atoms with E-state index in [-0.39, 0.29) is 0 Å². The second-order valence-corrected chi connectivity index (χ2v) is 2.08. The van der Waals surface area contributed by atoms with Crippen molar-refractivity contribution >= 4 is 11.9 Å². The first-order valence-electron chi connectivity index (χ1n) is 3.42. The van der Waals surface area contributed by atoms with E-state index in [9.17, 15) is 0 Å². The Morgan fingerprint density at radius 1 is 1.36 bits per heavy atom. The van der Waals surface area contributed by atoms with Gasteiger partial charge < -0.3 is 0 Å². The fourth-order valence-corrected chi connectivity index (χ4v) is 0.793. The summed E-state index contributed by atoms with van der Waals surface area (Å²) in [5.41, 5.74) is 1.83. The fraction of sp³-hybridized carbons (Fsp3) is 0.100. The third kappa shape index (κ3) is 1.94. The lowest BCUT2D eigenvalue weighted by Crippen LogP contribution is -1.70. The van der Waals surface area contributed by atoms with Crippen LogP contribution in [0.1, 0.15) is 12.5 Å². The Balaban J connectivity index is 2.94. The molecule has 0 aliphatic rings. The highest BCUT2D eigenvalue weighted by molar-refractivity contribution is 5.60. The molecule has 0 saturated carbocycles. The average molecular weight is 143 g/mol. The fourth-order valence-electron chi connectivity index (χ4n) is 0.793. The van der Waals surface area contributed by atoms with E-state index in [0.29, 0.717) is 0 Å². The minimum Gasteiger partial charge on any atom is -0.262 e. The number of aliphatic imine (C=N–C) groups is 1. The van der Waals surface area contributed by atoms with Gasteiger partial charge in [0.2, 0.25) is 0 Å². The first-order chi connectivity index (χ1) is 5.36. The Morgan fingerprint density at radius 2 is 2.00 bits per heavy atom. The van der Waals surface area contributed by atoms with E-state index in [0.717, 1.165) is 11.3 Å². The second-order valence-electron chi connectivity index (χ2n) is 2.08. The third-order valence-electron chi connectivity index (χ3n) is 1.31. The van der Waals surface area contributed by atoms with Crippen molar-refractivity contribution in [3.05, 3.63) is 29.8 Å². The monoisotopic (exact) mass is 143 g/mol. The van der Waals surface area contributed by atoms with Crippen molar-refractivity contribution in [2.24, 2.45) is 4.99 Å². The van der Waals surface area contributed by atoms with Crippen molar-refractivity contribution in [2.75, 3.05) is 0 Å². The van der Waals surface area contributed by atoms with Gasteiger partial charge in [-0.25, -0.2) is 0 Å². The van der Waals surface area contributed by atoms with E-state index in [1.165, 1.54) is 0 Å². The predicted molar refractivity (Wildman–Crippen MR) is 48.2 cm³/mol. The summed E-state index contributed by atoms with van der Waals surface area (Å²) < 4.78 is 0. The summed E-state index contributed by atoms with van der Waals surface area (Å²) in [6.07, 6.45) is 6.94. The van der Waals surface area contributed by atoms with Crippen molar-refractivity contribution in [3.8, 4) is 12.3 Å². The first kappa shape index (κ1) is 7.56. The van der Waals surface area contributed by atoms with Gasteiger partial charge in [0.25, 0.3) is 0 Å². The molecule has 0 atom stereocenters. The van der Waals surface area contributed by atoms with Crippen LogP contribution in [0.15, 0.2) is 29.3 Å². The van der Waals surface area contributed by atoms with E-state index in [1.54, 1.807) is 6.21 Å². The molecule has 1 nitrogen and oxygen atoms in total. The Kier molecular flexibility index (Phi) is 2.46. The summed E-state index contributed by atoms with van der Waals surface area (Å²) in [4.78, 5) is 4.09. The maximum absolute atomic E-state index is 5.19. The topological polar surface area (TPSA) is 12.4 Å². The number of nitrogens with zero attached hydrogens (tertiary/aromatic N) is 1. The summed E-state index contributed by atoms with van der Waals surface area (Å²) in [6, 6.07) is 7.55. The molecular formula is C10H9N. The van der Waals surface area contributed by atoms with Crippen LogP contribution in [0.2, 0.25) is 0 Å². The molecule has 0 spiro atoms. The smallest absolute Gasteiger partial charge is 0.0626 e. The minimum atomic E-state index is 0.889. The molecule has 0 N–H and O–H groups in total. The van der Waals surface area contributed by atoms with Crippen LogP contribution in [0.5, 0.6) is 0 Å². The van der Waals surface area contributed by atoms with E-state index < -0.39 is 0 Å². The Bertz CT molecular complexity index is 288. The molecule has 0 bridgehead atoms. The Morgan fingerprint density at radius 3 is 2.45 bits per heavy atom. The van der Waals surface area contributed by atoms with Crippen molar-refractivity contribution < 1.29 is 0 Å². The van der Waals surface area contributed by atoms with Gasteiger partial charge in [-0.2, -0.15) is 0 Å².